The number of nitrogens with one attached hydrogen (secondary N) is 1. The molecule has 0 amide bonds. The zero-order chi connectivity index (χ0) is 16.9. The van der Waals surface area contributed by atoms with E-state index in [9.17, 15) is 0 Å². The van der Waals surface area contributed by atoms with Crippen LogP contribution < -0.4 is 15.0 Å². The van der Waals surface area contributed by atoms with Crippen LogP contribution >= 0.6 is 0 Å². The summed E-state index contributed by atoms with van der Waals surface area (Å²) < 4.78 is 5.45. The SMILES string of the molecule is COc1c(C)cc(CN[C@H]2CCCN(c3cccnn3)C2)cc1C. The first-order valence-electron chi connectivity index (χ1n) is 8.57. The van der Waals surface area contributed by atoms with Crippen molar-refractivity contribution in [2.75, 3.05) is 25.1 Å². The summed E-state index contributed by atoms with van der Waals surface area (Å²) in [5, 5.41) is 11.9. The van der Waals surface area contributed by atoms with Crippen molar-refractivity contribution in [3.05, 3.63) is 47.2 Å². The first-order valence-corrected chi connectivity index (χ1v) is 8.57. The Morgan fingerprint density at radius 1 is 1.29 bits per heavy atom. The molecule has 1 aromatic carbocycles. The van der Waals surface area contributed by atoms with Gasteiger partial charge in [0, 0.05) is 31.9 Å². The molecule has 0 saturated carbocycles. The molecule has 1 aliphatic heterocycles. The van der Waals surface area contributed by atoms with Crippen molar-refractivity contribution in [3.8, 4) is 5.75 Å². The molecule has 0 bridgehead atoms. The van der Waals surface area contributed by atoms with Crippen LogP contribution in [0.2, 0.25) is 0 Å². The van der Waals surface area contributed by atoms with Crippen molar-refractivity contribution in [1.82, 2.24) is 15.5 Å². The predicted molar refractivity (Wildman–Crippen MR) is 96.6 cm³/mol. The zero-order valence-electron chi connectivity index (χ0n) is 14.7. The average Bonchev–Trinajstić information content (AvgIpc) is 2.61. The Kier molecular flexibility index (Phi) is 5.30. The smallest absolute Gasteiger partial charge is 0.151 e. The van der Waals surface area contributed by atoms with Gasteiger partial charge < -0.3 is 15.0 Å². The first kappa shape index (κ1) is 16.7. The molecule has 5 heteroatoms. The van der Waals surface area contributed by atoms with E-state index < -0.39 is 0 Å². The van der Waals surface area contributed by atoms with Gasteiger partial charge in [-0.2, -0.15) is 5.10 Å². The van der Waals surface area contributed by atoms with Crippen LogP contribution in [0.15, 0.2) is 30.5 Å². The lowest BCUT2D eigenvalue weighted by Crippen LogP contribution is -2.45. The Bertz CT molecular complexity index is 651. The lowest BCUT2D eigenvalue weighted by atomic mass is 10.0. The van der Waals surface area contributed by atoms with Gasteiger partial charge in [0.15, 0.2) is 5.82 Å². The monoisotopic (exact) mass is 326 g/mol. The van der Waals surface area contributed by atoms with E-state index in [1.165, 1.54) is 29.5 Å². The Morgan fingerprint density at radius 3 is 2.75 bits per heavy atom. The van der Waals surface area contributed by atoms with Gasteiger partial charge in [-0.05, 0) is 55.5 Å². The minimum atomic E-state index is 0.475. The first-order chi connectivity index (χ1) is 11.7. The van der Waals surface area contributed by atoms with Crippen molar-refractivity contribution in [1.29, 1.82) is 0 Å². The number of anilines is 1. The number of methoxy groups -OCH3 is 1. The predicted octanol–water partition coefficient (Wildman–Crippen LogP) is 2.86. The molecule has 128 valence electrons. The van der Waals surface area contributed by atoms with Gasteiger partial charge in [-0.1, -0.05) is 12.1 Å². The van der Waals surface area contributed by atoms with E-state index in [1.807, 2.05) is 12.1 Å². The van der Waals surface area contributed by atoms with E-state index in [0.29, 0.717) is 6.04 Å². The number of ether oxygens (including phenoxy) is 1. The fourth-order valence-corrected chi connectivity index (χ4v) is 3.54. The van der Waals surface area contributed by atoms with Crippen LogP contribution in [0.25, 0.3) is 0 Å². The zero-order valence-corrected chi connectivity index (χ0v) is 14.7. The maximum absolute atomic E-state index is 5.45. The number of aromatic nitrogens is 2. The van der Waals surface area contributed by atoms with Gasteiger partial charge in [0.1, 0.15) is 5.75 Å². The Balaban J connectivity index is 1.60. The second-order valence-corrected chi connectivity index (χ2v) is 6.51. The quantitative estimate of drug-likeness (QED) is 0.915. The second kappa shape index (κ2) is 7.62. The third-order valence-corrected chi connectivity index (χ3v) is 4.62. The molecule has 1 aromatic heterocycles. The summed E-state index contributed by atoms with van der Waals surface area (Å²) in [5.41, 5.74) is 3.70. The normalized spacial score (nSPS) is 17.8. The van der Waals surface area contributed by atoms with Crippen molar-refractivity contribution in [2.24, 2.45) is 0 Å². The van der Waals surface area contributed by atoms with Gasteiger partial charge in [0.25, 0.3) is 0 Å². The van der Waals surface area contributed by atoms with Gasteiger partial charge >= 0.3 is 0 Å². The topological polar surface area (TPSA) is 50.3 Å². The molecule has 2 heterocycles. The van der Waals surface area contributed by atoms with Crippen LogP contribution in [0.1, 0.15) is 29.5 Å². The summed E-state index contributed by atoms with van der Waals surface area (Å²) in [5.74, 6) is 1.96. The molecule has 1 N–H and O–H groups in total. The van der Waals surface area contributed by atoms with Gasteiger partial charge in [0.05, 0.1) is 7.11 Å². The standard InChI is InChI=1S/C19H26N4O/c1-14-10-16(11-15(2)19(14)24-3)12-20-17-6-5-9-23(13-17)18-7-4-8-21-22-18/h4,7-8,10-11,17,20H,5-6,9,12-13H2,1-3H3/t17-/m0/s1. The van der Waals surface area contributed by atoms with Crippen molar-refractivity contribution < 1.29 is 4.74 Å². The highest BCUT2D eigenvalue weighted by molar-refractivity contribution is 5.43. The lowest BCUT2D eigenvalue weighted by molar-refractivity contribution is 0.407. The summed E-state index contributed by atoms with van der Waals surface area (Å²) in [6.07, 6.45) is 4.09. The highest BCUT2D eigenvalue weighted by atomic mass is 16.5. The second-order valence-electron chi connectivity index (χ2n) is 6.51. The average molecular weight is 326 g/mol. The molecule has 5 nitrogen and oxygen atoms in total. The third kappa shape index (κ3) is 3.85. The Labute approximate surface area is 144 Å². The fraction of sp³-hybridized carbons (Fsp3) is 0.474. The molecule has 1 aliphatic rings. The fourth-order valence-electron chi connectivity index (χ4n) is 3.54. The van der Waals surface area contributed by atoms with Crippen molar-refractivity contribution >= 4 is 5.82 Å². The molecule has 2 aromatic rings. The maximum Gasteiger partial charge on any atom is 0.151 e. The highest BCUT2D eigenvalue weighted by Gasteiger charge is 2.20. The van der Waals surface area contributed by atoms with Crippen LogP contribution in [0.4, 0.5) is 5.82 Å². The molecule has 1 saturated heterocycles. The number of rotatable bonds is 5. The maximum atomic E-state index is 5.45. The van der Waals surface area contributed by atoms with Crippen LogP contribution in [-0.2, 0) is 6.54 Å². The molecule has 1 fully saturated rings. The molecule has 1 atom stereocenters. The van der Waals surface area contributed by atoms with E-state index in [1.54, 1.807) is 13.3 Å². The number of aryl methyl sites for hydroxylation is 2. The Morgan fingerprint density at radius 2 is 2.08 bits per heavy atom. The van der Waals surface area contributed by atoms with Crippen molar-refractivity contribution in [3.63, 3.8) is 0 Å². The summed E-state index contributed by atoms with van der Waals surface area (Å²) >= 11 is 0. The molecular weight excluding hydrogens is 300 g/mol. The summed E-state index contributed by atoms with van der Waals surface area (Å²) in [6, 6.07) is 8.88. The highest BCUT2D eigenvalue weighted by Crippen LogP contribution is 2.24. The number of benzene rings is 1. The number of hydrogen-bond acceptors (Lipinski definition) is 5. The number of piperidine rings is 1. The molecule has 0 radical (unpaired) electrons. The van der Waals surface area contributed by atoms with Gasteiger partial charge in [-0.3, -0.25) is 0 Å². The van der Waals surface area contributed by atoms with E-state index in [2.05, 4.69) is 46.4 Å². The number of nitrogens with zero attached hydrogens (tertiary/aromatic N) is 3. The van der Waals surface area contributed by atoms with Crippen LogP contribution in [0, 0.1) is 13.8 Å². The Hall–Kier alpha value is -2.14. The van der Waals surface area contributed by atoms with E-state index in [-0.39, 0.29) is 0 Å². The van der Waals surface area contributed by atoms with E-state index in [4.69, 9.17) is 4.74 Å². The largest absolute Gasteiger partial charge is 0.496 e. The molecular formula is C19H26N4O. The molecule has 0 unspecified atom stereocenters. The van der Waals surface area contributed by atoms with Gasteiger partial charge in [-0.15, -0.1) is 5.10 Å². The molecule has 24 heavy (non-hydrogen) atoms. The van der Waals surface area contributed by atoms with Gasteiger partial charge in [0.2, 0.25) is 0 Å². The summed E-state index contributed by atoms with van der Waals surface area (Å²) in [7, 11) is 1.73. The summed E-state index contributed by atoms with van der Waals surface area (Å²) in [6.45, 7) is 7.12. The molecule has 0 spiro atoms. The molecule has 3 rings (SSSR count). The van der Waals surface area contributed by atoms with Gasteiger partial charge in [-0.25, -0.2) is 0 Å². The minimum absolute atomic E-state index is 0.475. The van der Waals surface area contributed by atoms with Crippen LogP contribution in [0.3, 0.4) is 0 Å². The summed E-state index contributed by atoms with van der Waals surface area (Å²) in [4.78, 5) is 2.32. The number of hydrogen-bond donors (Lipinski definition) is 1. The van der Waals surface area contributed by atoms with Crippen LogP contribution in [-0.4, -0.2) is 36.4 Å². The van der Waals surface area contributed by atoms with Crippen molar-refractivity contribution in [2.45, 2.75) is 39.3 Å². The third-order valence-electron chi connectivity index (χ3n) is 4.62. The lowest BCUT2D eigenvalue weighted by Gasteiger charge is -2.33. The van der Waals surface area contributed by atoms with E-state index >= 15 is 0 Å². The van der Waals surface area contributed by atoms with E-state index in [0.717, 1.165) is 31.2 Å². The van der Waals surface area contributed by atoms with Crippen LogP contribution in [0.5, 0.6) is 5.75 Å². The minimum Gasteiger partial charge on any atom is -0.496 e. The molecule has 0 aliphatic carbocycles.